The van der Waals surface area contributed by atoms with Crippen molar-refractivity contribution < 1.29 is 9.22 Å². The number of hydrogen-bond acceptors (Lipinski definition) is 2. The van der Waals surface area contributed by atoms with Gasteiger partial charge in [0.2, 0.25) is 0 Å². The van der Waals surface area contributed by atoms with Crippen molar-refractivity contribution in [2.45, 2.75) is 32.4 Å². The summed E-state index contributed by atoms with van der Waals surface area (Å²) in [4.78, 5) is 10.8. The standard InChI is InChI=1S/C8H15O2Si/c1-5-8(9)10-11(6-2)7(3)4/h5,7H,1,6H2,2-4H3. The number of hydrogen-bond donors (Lipinski definition) is 0. The van der Waals surface area contributed by atoms with E-state index in [2.05, 4.69) is 20.4 Å². The van der Waals surface area contributed by atoms with E-state index < -0.39 is 9.04 Å². The van der Waals surface area contributed by atoms with Crippen LogP contribution in [0.1, 0.15) is 20.8 Å². The molecule has 0 atom stereocenters. The zero-order valence-electron chi connectivity index (χ0n) is 7.39. The molecule has 2 nitrogen and oxygen atoms in total. The summed E-state index contributed by atoms with van der Waals surface area (Å²) in [5, 5.41) is 0. The molecule has 0 N–H and O–H groups in total. The molecule has 63 valence electrons. The van der Waals surface area contributed by atoms with Crippen LogP contribution >= 0.6 is 0 Å². The fraction of sp³-hybridized carbons (Fsp3) is 0.625. The highest BCUT2D eigenvalue weighted by Gasteiger charge is 2.18. The highest BCUT2D eigenvalue weighted by molar-refractivity contribution is 6.55. The first kappa shape index (κ1) is 10.4. The fourth-order valence-corrected chi connectivity index (χ4v) is 2.31. The third-order valence-electron chi connectivity index (χ3n) is 1.39. The molecule has 0 bridgehead atoms. The van der Waals surface area contributed by atoms with Gasteiger partial charge in [0, 0.05) is 6.08 Å². The average Bonchev–Trinajstić information content (AvgIpc) is 1.99. The van der Waals surface area contributed by atoms with Gasteiger partial charge in [-0.1, -0.05) is 27.4 Å². The van der Waals surface area contributed by atoms with Crippen molar-refractivity contribution in [3.05, 3.63) is 12.7 Å². The molecule has 0 amide bonds. The zero-order valence-corrected chi connectivity index (χ0v) is 8.39. The summed E-state index contributed by atoms with van der Waals surface area (Å²) in [6.45, 7) is 9.55. The molecule has 0 aromatic rings. The van der Waals surface area contributed by atoms with Gasteiger partial charge in [0.05, 0.1) is 0 Å². The smallest absolute Gasteiger partial charge is 0.316 e. The quantitative estimate of drug-likeness (QED) is 0.478. The maximum atomic E-state index is 10.8. The average molecular weight is 171 g/mol. The number of rotatable bonds is 4. The first-order valence-corrected chi connectivity index (χ1v) is 5.51. The third-order valence-corrected chi connectivity index (χ3v) is 3.84. The van der Waals surface area contributed by atoms with Crippen molar-refractivity contribution in [2.24, 2.45) is 0 Å². The molecule has 0 fully saturated rings. The molecule has 0 aliphatic heterocycles. The van der Waals surface area contributed by atoms with Gasteiger partial charge in [-0.25, -0.2) is 4.79 Å². The van der Waals surface area contributed by atoms with E-state index in [9.17, 15) is 4.79 Å². The first-order chi connectivity index (χ1) is 5.11. The molecule has 11 heavy (non-hydrogen) atoms. The van der Waals surface area contributed by atoms with Crippen molar-refractivity contribution >= 4 is 15.0 Å². The van der Waals surface area contributed by atoms with E-state index in [0.717, 1.165) is 6.04 Å². The van der Waals surface area contributed by atoms with Crippen LogP contribution < -0.4 is 0 Å². The highest BCUT2D eigenvalue weighted by atomic mass is 28.3. The van der Waals surface area contributed by atoms with Crippen LogP contribution in [0.15, 0.2) is 12.7 Å². The lowest BCUT2D eigenvalue weighted by Crippen LogP contribution is -2.23. The van der Waals surface area contributed by atoms with E-state index in [4.69, 9.17) is 4.43 Å². The fourth-order valence-electron chi connectivity index (χ4n) is 0.769. The van der Waals surface area contributed by atoms with Gasteiger partial charge in [0.15, 0.2) is 0 Å². The Labute approximate surface area is 70.0 Å². The van der Waals surface area contributed by atoms with Crippen LogP contribution in [0.5, 0.6) is 0 Å². The molecular formula is C8H15O2Si. The minimum absolute atomic E-state index is 0.283. The Morgan fingerprint density at radius 1 is 1.73 bits per heavy atom. The Bertz CT molecular complexity index is 143. The Balaban J connectivity index is 3.87. The van der Waals surface area contributed by atoms with Crippen LogP contribution in [0.2, 0.25) is 11.6 Å². The summed E-state index contributed by atoms with van der Waals surface area (Å²) < 4.78 is 5.16. The molecule has 0 rings (SSSR count). The Morgan fingerprint density at radius 3 is 2.55 bits per heavy atom. The Hall–Kier alpha value is -0.573. The van der Waals surface area contributed by atoms with Crippen molar-refractivity contribution in [3.8, 4) is 0 Å². The number of carbonyl (C=O) groups excluding carboxylic acids is 1. The maximum Gasteiger partial charge on any atom is 0.316 e. The Kier molecular flexibility index (Phi) is 4.86. The lowest BCUT2D eigenvalue weighted by atomic mass is 10.6. The van der Waals surface area contributed by atoms with E-state index >= 15 is 0 Å². The molecule has 3 heteroatoms. The van der Waals surface area contributed by atoms with E-state index in [1.165, 1.54) is 6.08 Å². The van der Waals surface area contributed by atoms with Gasteiger partial charge in [-0.05, 0) is 11.6 Å². The molecule has 0 unspecified atom stereocenters. The van der Waals surface area contributed by atoms with E-state index in [1.807, 2.05) is 6.92 Å². The van der Waals surface area contributed by atoms with Gasteiger partial charge < -0.3 is 4.43 Å². The van der Waals surface area contributed by atoms with Crippen LogP contribution in [0, 0.1) is 0 Å². The SMILES string of the molecule is C=CC(=O)O[Si](CC)C(C)C. The van der Waals surface area contributed by atoms with Crippen LogP contribution in [-0.4, -0.2) is 15.0 Å². The predicted octanol–water partition coefficient (Wildman–Crippen LogP) is 2.14. The summed E-state index contributed by atoms with van der Waals surface area (Å²) in [5.41, 5.74) is 0.480. The van der Waals surface area contributed by atoms with E-state index in [0.29, 0.717) is 5.54 Å². The van der Waals surface area contributed by atoms with E-state index in [-0.39, 0.29) is 5.97 Å². The van der Waals surface area contributed by atoms with Crippen LogP contribution in [-0.2, 0) is 9.22 Å². The zero-order chi connectivity index (χ0) is 8.85. The monoisotopic (exact) mass is 171 g/mol. The topological polar surface area (TPSA) is 26.3 Å². The van der Waals surface area contributed by atoms with Crippen molar-refractivity contribution in [3.63, 3.8) is 0 Å². The molecule has 0 saturated heterocycles. The lowest BCUT2D eigenvalue weighted by Gasteiger charge is -2.14. The second-order valence-electron chi connectivity index (χ2n) is 2.60. The van der Waals surface area contributed by atoms with Gasteiger partial charge in [-0.15, -0.1) is 0 Å². The van der Waals surface area contributed by atoms with Crippen LogP contribution in [0.25, 0.3) is 0 Å². The summed E-state index contributed by atoms with van der Waals surface area (Å²) in [5.74, 6) is -0.283. The van der Waals surface area contributed by atoms with E-state index in [1.54, 1.807) is 0 Å². The molecule has 0 aliphatic carbocycles. The summed E-state index contributed by atoms with van der Waals surface area (Å²) >= 11 is 0. The predicted molar refractivity (Wildman–Crippen MR) is 47.6 cm³/mol. The normalized spacial score (nSPS) is 10.3. The van der Waals surface area contributed by atoms with Crippen LogP contribution in [0.3, 0.4) is 0 Å². The largest absolute Gasteiger partial charge is 0.514 e. The second kappa shape index (κ2) is 5.13. The summed E-state index contributed by atoms with van der Waals surface area (Å²) in [6.07, 6.45) is 1.22. The molecule has 0 aromatic carbocycles. The molecule has 0 aliphatic rings. The van der Waals surface area contributed by atoms with Gasteiger partial charge in [0.1, 0.15) is 0 Å². The lowest BCUT2D eigenvalue weighted by molar-refractivity contribution is -0.129. The van der Waals surface area contributed by atoms with Gasteiger partial charge in [-0.3, -0.25) is 0 Å². The van der Waals surface area contributed by atoms with Crippen molar-refractivity contribution in [1.82, 2.24) is 0 Å². The third kappa shape index (κ3) is 3.98. The first-order valence-electron chi connectivity index (χ1n) is 3.81. The van der Waals surface area contributed by atoms with Gasteiger partial charge in [-0.2, -0.15) is 0 Å². The minimum Gasteiger partial charge on any atom is -0.514 e. The van der Waals surface area contributed by atoms with Crippen molar-refractivity contribution in [1.29, 1.82) is 0 Å². The second-order valence-corrected chi connectivity index (χ2v) is 5.60. The Morgan fingerprint density at radius 2 is 2.27 bits per heavy atom. The number of carbonyl (C=O) groups is 1. The maximum absolute atomic E-state index is 10.8. The minimum atomic E-state index is -0.933. The summed E-state index contributed by atoms with van der Waals surface area (Å²) in [7, 11) is -0.933. The highest BCUT2D eigenvalue weighted by Crippen LogP contribution is 2.12. The van der Waals surface area contributed by atoms with Gasteiger partial charge >= 0.3 is 5.97 Å². The van der Waals surface area contributed by atoms with Gasteiger partial charge in [0.25, 0.3) is 9.04 Å². The molecule has 0 spiro atoms. The van der Waals surface area contributed by atoms with Crippen LogP contribution in [0.4, 0.5) is 0 Å². The molecule has 0 heterocycles. The molecule has 0 saturated carbocycles. The summed E-state index contributed by atoms with van der Waals surface area (Å²) in [6, 6.07) is 0.960. The molecular weight excluding hydrogens is 156 g/mol. The van der Waals surface area contributed by atoms with Crippen molar-refractivity contribution in [2.75, 3.05) is 0 Å². The molecule has 1 radical (unpaired) electrons. The molecule has 0 aromatic heterocycles.